The topological polar surface area (TPSA) is 66.7 Å². The summed E-state index contributed by atoms with van der Waals surface area (Å²) in [7, 11) is 0. The van der Waals surface area contributed by atoms with Crippen molar-refractivity contribution in [1.29, 1.82) is 0 Å². The Hall–Kier alpha value is -2.40. The van der Waals surface area contributed by atoms with Gasteiger partial charge in [-0.15, -0.1) is 0 Å². The number of hydrogen-bond acceptors (Lipinski definition) is 4. The van der Waals surface area contributed by atoms with E-state index in [4.69, 9.17) is 4.52 Å². The smallest absolute Gasteiger partial charge is 0.258 e. The van der Waals surface area contributed by atoms with Crippen molar-refractivity contribution in [3.8, 4) is 23.0 Å². The van der Waals surface area contributed by atoms with Crippen molar-refractivity contribution in [3.63, 3.8) is 0 Å². The van der Waals surface area contributed by atoms with E-state index in [9.17, 15) is 0 Å². The fourth-order valence-electron chi connectivity index (χ4n) is 2.64. The molecule has 3 heterocycles. The fourth-order valence-corrected chi connectivity index (χ4v) is 2.64. The van der Waals surface area contributed by atoms with Crippen LogP contribution >= 0.6 is 0 Å². The number of H-pyrrole nitrogens is 1. The zero-order valence-electron chi connectivity index (χ0n) is 10.9. The van der Waals surface area contributed by atoms with Crippen LogP contribution in [0.4, 0.5) is 0 Å². The highest BCUT2D eigenvalue weighted by Crippen LogP contribution is 2.28. The van der Waals surface area contributed by atoms with Gasteiger partial charge >= 0.3 is 0 Å². The molecule has 0 saturated heterocycles. The summed E-state index contributed by atoms with van der Waals surface area (Å²) in [6, 6.07) is 10.1. The first-order chi connectivity index (χ1) is 9.92. The zero-order chi connectivity index (χ0) is 13.4. The lowest BCUT2D eigenvalue weighted by Gasteiger charge is -2.18. The normalized spacial score (nSPS) is 14.2. The Morgan fingerprint density at radius 1 is 1.15 bits per heavy atom. The first kappa shape index (κ1) is 11.4. The third kappa shape index (κ3) is 1.83. The standard InChI is InChI=1S/C15H14N4O/c1-3-10-9-16-8-6-11(10)12(4-1)15-18-14(19-20-15)13-5-2-7-17-13/h1-5,7,16-17H,6,8-9H2. The van der Waals surface area contributed by atoms with E-state index >= 15 is 0 Å². The molecular formula is C15H14N4O. The maximum Gasteiger partial charge on any atom is 0.258 e. The van der Waals surface area contributed by atoms with E-state index < -0.39 is 0 Å². The van der Waals surface area contributed by atoms with Gasteiger partial charge in [-0.25, -0.2) is 0 Å². The number of nitrogens with zero attached hydrogens (tertiary/aromatic N) is 2. The Labute approximate surface area is 116 Å². The van der Waals surface area contributed by atoms with Gasteiger partial charge in [0.1, 0.15) is 0 Å². The van der Waals surface area contributed by atoms with Gasteiger partial charge < -0.3 is 14.8 Å². The highest BCUT2D eigenvalue weighted by atomic mass is 16.5. The van der Waals surface area contributed by atoms with E-state index in [0.717, 1.165) is 30.8 Å². The highest BCUT2D eigenvalue weighted by Gasteiger charge is 2.18. The summed E-state index contributed by atoms with van der Waals surface area (Å²) in [4.78, 5) is 7.59. The van der Waals surface area contributed by atoms with Crippen LogP contribution in [0, 0.1) is 0 Å². The Balaban J connectivity index is 1.78. The molecular weight excluding hydrogens is 252 g/mol. The van der Waals surface area contributed by atoms with Gasteiger partial charge in [0.25, 0.3) is 5.89 Å². The molecule has 5 nitrogen and oxygen atoms in total. The summed E-state index contributed by atoms with van der Waals surface area (Å²) in [5.41, 5.74) is 4.54. The molecule has 1 aromatic carbocycles. The molecule has 0 saturated carbocycles. The highest BCUT2D eigenvalue weighted by molar-refractivity contribution is 5.63. The van der Waals surface area contributed by atoms with Crippen molar-refractivity contribution in [1.82, 2.24) is 20.4 Å². The first-order valence-electron chi connectivity index (χ1n) is 6.71. The summed E-state index contributed by atoms with van der Waals surface area (Å²) in [5, 5.41) is 7.43. The molecule has 1 aliphatic heterocycles. The van der Waals surface area contributed by atoms with Crippen LogP contribution < -0.4 is 5.32 Å². The number of benzene rings is 1. The average molecular weight is 266 g/mol. The minimum absolute atomic E-state index is 0.591. The number of rotatable bonds is 2. The summed E-state index contributed by atoms with van der Waals surface area (Å²) >= 11 is 0. The largest absolute Gasteiger partial charge is 0.359 e. The van der Waals surface area contributed by atoms with Gasteiger partial charge in [-0.3, -0.25) is 0 Å². The van der Waals surface area contributed by atoms with Crippen LogP contribution in [0.2, 0.25) is 0 Å². The van der Waals surface area contributed by atoms with E-state index in [1.54, 1.807) is 0 Å². The number of nitrogens with one attached hydrogen (secondary N) is 2. The fraction of sp³-hybridized carbons (Fsp3) is 0.200. The number of aromatic amines is 1. The molecule has 0 spiro atoms. The molecule has 0 atom stereocenters. The van der Waals surface area contributed by atoms with Crippen molar-refractivity contribution in [2.45, 2.75) is 13.0 Å². The number of fused-ring (bicyclic) bond motifs is 1. The van der Waals surface area contributed by atoms with Gasteiger partial charge in [0.05, 0.1) is 5.69 Å². The molecule has 0 bridgehead atoms. The molecule has 0 unspecified atom stereocenters. The van der Waals surface area contributed by atoms with Crippen molar-refractivity contribution >= 4 is 0 Å². The van der Waals surface area contributed by atoms with E-state index in [2.05, 4.69) is 32.6 Å². The second-order valence-corrected chi connectivity index (χ2v) is 4.88. The van der Waals surface area contributed by atoms with Crippen LogP contribution in [0.1, 0.15) is 11.1 Å². The Morgan fingerprint density at radius 2 is 2.15 bits per heavy atom. The third-order valence-corrected chi connectivity index (χ3v) is 3.64. The Bertz CT molecular complexity index is 730. The van der Waals surface area contributed by atoms with Crippen LogP contribution in [0.3, 0.4) is 0 Å². The van der Waals surface area contributed by atoms with Crippen molar-refractivity contribution in [3.05, 3.63) is 47.7 Å². The SMILES string of the molecule is c1c[nH]c(-c2noc(-c3cccc4c3CCNC4)n2)c1. The van der Waals surface area contributed by atoms with Crippen LogP contribution in [0.15, 0.2) is 41.1 Å². The summed E-state index contributed by atoms with van der Waals surface area (Å²) in [6.45, 7) is 1.89. The van der Waals surface area contributed by atoms with Crippen molar-refractivity contribution in [2.24, 2.45) is 0 Å². The quantitative estimate of drug-likeness (QED) is 0.747. The number of hydrogen-bond donors (Lipinski definition) is 2. The lowest BCUT2D eigenvalue weighted by molar-refractivity contribution is 0.431. The molecule has 3 aromatic rings. The molecule has 0 fully saturated rings. The van der Waals surface area contributed by atoms with Crippen LogP contribution in [0.25, 0.3) is 23.0 Å². The van der Waals surface area contributed by atoms with Gasteiger partial charge in [0.2, 0.25) is 5.82 Å². The Morgan fingerprint density at radius 3 is 3.05 bits per heavy atom. The molecule has 2 N–H and O–H groups in total. The summed E-state index contributed by atoms with van der Waals surface area (Å²) < 4.78 is 5.44. The van der Waals surface area contributed by atoms with Crippen molar-refractivity contribution < 1.29 is 4.52 Å². The Kier molecular flexibility index (Phi) is 2.63. The van der Waals surface area contributed by atoms with Gasteiger partial charge in [0, 0.05) is 18.3 Å². The van der Waals surface area contributed by atoms with E-state index in [0.29, 0.717) is 11.7 Å². The monoisotopic (exact) mass is 266 g/mol. The maximum atomic E-state index is 5.44. The summed E-state index contributed by atoms with van der Waals surface area (Å²) in [5.74, 6) is 1.19. The van der Waals surface area contributed by atoms with Crippen molar-refractivity contribution in [2.75, 3.05) is 6.54 Å². The van der Waals surface area contributed by atoms with Crippen LogP contribution in [0.5, 0.6) is 0 Å². The van der Waals surface area contributed by atoms with E-state index in [1.807, 2.05) is 24.4 Å². The minimum atomic E-state index is 0.591. The predicted octanol–water partition coefficient (Wildman–Crippen LogP) is 2.38. The summed E-state index contributed by atoms with van der Waals surface area (Å²) in [6.07, 6.45) is 2.84. The van der Waals surface area contributed by atoms with E-state index in [-0.39, 0.29) is 0 Å². The van der Waals surface area contributed by atoms with Gasteiger partial charge in [-0.05, 0) is 42.3 Å². The number of aromatic nitrogens is 3. The molecule has 20 heavy (non-hydrogen) atoms. The van der Waals surface area contributed by atoms with E-state index in [1.165, 1.54) is 11.1 Å². The van der Waals surface area contributed by atoms with Crippen LogP contribution in [-0.4, -0.2) is 21.7 Å². The molecule has 5 heteroatoms. The third-order valence-electron chi connectivity index (χ3n) is 3.64. The maximum absolute atomic E-state index is 5.44. The second-order valence-electron chi connectivity index (χ2n) is 4.88. The average Bonchev–Trinajstić information content (AvgIpc) is 3.17. The predicted molar refractivity (Wildman–Crippen MR) is 74.9 cm³/mol. The molecule has 1 aliphatic rings. The van der Waals surface area contributed by atoms with Crippen LogP contribution in [-0.2, 0) is 13.0 Å². The zero-order valence-corrected chi connectivity index (χ0v) is 10.9. The lowest BCUT2D eigenvalue weighted by Crippen LogP contribution is -2.24. The molecule has 0 radical (unpaired) electrons. The lowest BCUT2D eigenvalue weighted by atomic mass is 9.95. The van der Waals surface area contributed by atoms with Gasteiger partial charge in [0.15, 0.2) is 0 Å². The van der Waals surface area contributed by atoms with Gasteiger partial charge in [-0.1, -0.05) is 17.3 Å². The molecule has 4 rings (SSSR count). The molecule has 100 valence electrons. The minimum Gasteiger partial charge on any atom is -0.359 e. The molecule has 0 aliphatic carbocycles. The molecule has 0 amide bonds. The van der Waals surface area contributed by atoms with Gasteiger partial charge in [-0.2, -0.15) is 4.98 Å². The molecule has 2 aromatic heterocycles. The first-order valence-corrected chi connectivity index (χ1v) is 6.71. The second kappa shape index (κ2) is 4.61.